The SMILES string of the molecule is CCc1nn(Cc2ccccc2Cl)c(Cl)c1C. The molecule has 0 saturated heterocycles. The maximum Gasteiger partial charge on any atom is 0.130 e. The van der Waals surface area contributed by atoms with Gasteiger partial charge in [-0.1, -0.05) is 48.3 Å². The van der Waals surface area contributed by atoms with Crippen LogP contribution in [0.15, 0.2) is 24.3 Å². The van der Waals surface area contributed by atoms with E-state index in [2.05, 4.69) is 12.0 Å². The van der Waals surface area contributed by atoms with E-state index in [0.29, 0.717) is 11.7 Å². The van der Waals surface area contributed by atoms with Crippen molar-refractivity contribution in [3.05, 3.63) is 51.3 Å². The molecule has 1 aromatic carbocycles. The minimum Gasteiger partial charge on any atom is -0.249 e. The molecule has 1 aromatic heterocycles. The van der Waals surface area contributed by atoms with E-state index >= 15 is 0 Å². The second kappa shape index (κ2) is 5.11. The lowest BCUT2D eigenvalue weighted by molar-refractivity contribution is 0.674. The summed E-state index contributed by atoms with van der Waals surface area (Å²) in [7, 11) is 0. The van der Waals surface area contributed by atoms with Gasteiger partial charge in [0.1, 0.15) is 5.15 Å². The zero-order valence-corrected chi connectivity index (χ0v) is 11.4. The highest BCUT2D eigenvalue weighted by Gasteiger charge is 2.12. The van der Waals surface area contributed by atoms with Crippen molar-refractivity contribution < 1.29 is 0 Å². The molecule has 2 aromatic rings. The fourth-order valence-electron chi connectivity index (χ4n) is 1.81. The summed E-state index contributed by atoms with van der Waals surface area (Å²) in [6.07, 6.45) is 0.890. The Morgan fingerprint density at radius 3 is 2.53 bits per heavy atom. The first-order valence-corrected chi connectivity index (χ1v) is 6.34. The third-order valence-electron chi connectivity index (χ3n) is 2.82. The average molecular weight is 269 g/mol. The summed E-state index contributed by atoms with van der Waals surface area (Å²) in [5.74, 6) is 0. The predicted octanol–water partition coefficient (Wildman–Crippen LogP) is 4.11. The lowest BCUT2D eigenvalue weighted by Gasteiger charge is -2.05. The monoisotopic (exact) mass is 268 g/mol. The number of hydrogen-bond acceptors (Lipinski definition) is 1. The predicted molar refractivity (Wildman–Crippen MR) is 71.9 cm³/mol. The Bertz CT molecular complexity index is 532. The highest BCUT2D eigenvalue weighted by molar-refractivity contribution is 6.31. The largest absolute Gasteiger partial charge is 0.249 e. The molecule has 2 nitrogen and oxygen atoms in total. The Hall–Kier alpha value is -0.990. The van der Waals surface area contributed by atoms with Crippen molar-refractivity contribution in [1.29, 1.82) is 0 Å². The lowest BCUT2D eigenvalue weighted by atomic mass is 10.2. The zero-order valence-electron chi connectivity index (χ0n) is 9.87. The molecular formula is C13H14Cl2N2. The van der Waals surface area contributed by atoms with Gasteiger partial charge in [-0.25, -0.2) is 4.68 Å². The Morgan fingerprint density at radius 2 is 1.94 bits per heavy atom. The Kier molecular flexibility index (Phi) is 3.75. The standard InChI is InChI=1S/C13H14Cl2N2/c1-3-12-9(2)13(15)17(16-12)8-10-6-4-5-7-11(10)14/h4-7H,3,8H2,1-2H3. The first-order valence-electron chi connectivity index (χ1n) is 5.58. The third-order valence-corrected chi connectivity index (χ3v) is 3.67. The van der Waals surface area contributed by atoms with Crippen molar-refractivity contribution in [1.82, 2.24) is 9.78 Å². The summed E-state index contributed by atoms with van der Waals surface area (Å²) in [6, 6.07) is 7.74. The first-order chi connectivity index (χ1) is 8.13. The van der Waals surface area contributed by atoms with Gasteiger partial charge >= 0.3 is 0 Å². The van der Waals surface area contributed by atoms with E-state index in [-0.39, 0.29) is 0 Å². The highest BCUT2D eigenvalue weighted by atomic mass is 35.5. The van der Waals surface area contributed by atoms with Crippen LogP contribution in [0.2, 0.25) is 10.2 Å². The van der Waals surface area contributed by atoms with Crippen LogP contribution in [0.25, 0.3) is 0 Å². The van der Waals surface area contributed by atoms with Crippen LogP contribution >= 0.6 is 23.2 Å². The van der Waals surface area contributed by atoms with Gasteiger partial charge in [0.2, 0.25) is 0 Å². The topological polar surface area (TPSA) is 17.8 Å². The van der Waals surface area contributed by atoms with Gasteiger partial charge in [0.25, 0.3) is 0 Å². The van der Waals surface area contributed by atoms with Crippen molar-refractivity contribution in [2.45, 2.75) is 26.8 Å². The van der Waals surface area contributed by atoms with Crippen molar-refractivity contribution in [2.24, 2.45) is 0 Å². The van der Waals surface area contributed by atoms with Gasteiger partial charge in [0, 0.05) is 10.6 Å². The molecular weight excluding hydrogens is 255 g/mol. The van der Waals surface area contributed by atoms with Gasteiger partial charge in [0.05, 0.1) is 12.2 Å². The average Bonchev–Trinajstić information content (AvgIpc) is 2.60. The minimum absolute atomic E-state index is 0.610. The molecule has 2 rings (SSSR count). The van der Waals surface area contributed by atoms with E-state index in [4.69, 9.17) is 23.2 Å². The number of halogens is 2. The fourth-order valence-corrected chi connectivity index (χ4v) is 2.21. The number of hydrogen-bond donors (Lipinski definition) is 0. The maximum atomic E-state index is 6.25. The number of aromatic nitrogens is 2. The van der Waals surface area contributed by atoms with Gasteiger partial charge in [-0.3, -0.25) is 0 Å². The van der Waals surface area contributed by atoms with Crippen LogP contribution in [0, 0.1) is 6.92 Å². The molecule has 0 aliphatic rings. The number of nitrogens with zero attached hydrogens (tertiary/aromatic N) is 2. The molecule has 0 unspecified atom stereocenters. The normalized spacial score (nSPS) is 10.8. The Labute approximate surface area is 111 Å². The molecule has 0 spiro atoms. The number of benzene rings is 1. The molecule has 0 amide bonds. The number of rotatable bonds is 3. The number of aryl methyl sites for hydroxylation is 1. The summed E-state index contributed by atoms with van der Waals surface area (Å²) >= 11 is 12.4. The van der Waals surface area contributed by atoms with Gasteiger partial charge in [-0.15, -0.1) is 0 Å². The van der Waals surface area contributed by atoms with Crippen LogP contribution in [-0.2, 0) is 13.0 Å². The van der Waals surface area contributed by atoms with Crippen molar-refractivity contribution in [3.8, 4) is 0 Å². The van der Waals surface area contributed by atoms with Gasteiger partial charge in [-0.05, 0) is 25.0 Å². The fraction of sp³-hybridized carbons (Fsp3) is 0.308. The van der Waals surface area contributed by atoms with E-state index in [0.717, 1.165) is 28.3 Å². The summed E-state index contributed by atoms with van der Waals surface area (Å²) in [6.45, 7) is 4.68. The second-order valence-electron chi connectivity index (χ2n) is 3.97. The van der Waals surface area contributed by atoms with Crippen molar-refractivity contribution in [3.63, 3.8) is 0 Å². The van der Waals surface area contributed by atoms with Gasteiger partial charge < -0.3 is 0 Å². The zero-order chi connectivity index (χ0) is 12.4. The third kappa shape index (κ3) is 2.48. The Morgan fingerprint density at radius 1 is 1.24 bits per heavy atom. The van der Waals surface area contributed by atoms with E-state index in [9.17, 15) is 0 Å². The molecule has 1 heterocycles. The quantitative estimate of drug-likeness (QED) is 0.819. The molecule has 0 aliphatic heterocycles. The minimum atomic E-state index is 0.610. The van der Waals surface area contributed by atoms with Crippen LogP contribution < -0.4 is 0 Å². The molecule has 0 atom stereocenters. The van der Waals surface area contributed by atoms with Crippen LogP contribution in [0.4, 0.5) is 0 Å². The molecule has 0 N–H and O–H groups in total. The maximum absolute atomic E-state index is 6.25. The van der Waals surface area contributed by atoms with Crippen molar-refractivity contribution >= 4 is 23.2 Å². The molecule has 0 radical (unpaired) electrons. The smallest absolute Gasteiger partial charge is 0.130 e. The Balaban J connectivity index is 2.34. The van der Waals surface area contributed by atoms with Crippen molar-refractivity contribution in [2.75, 3.05) is 0 Å². The summed E-state index contributed by atoms with van der Waals surface area (Å²) < 4.78 is 1.80. The van der Waals surface area contributed by atoms with Crippen LogP contribution in [0.5, 0.6) is 0 Å². The summed E-state index contributed by atoms with van der Waals surface area (Å²) in [5, 5.41) is 5.93. The summed E-state index contributed by atoms with van der Waals surface area (Å²) in [4.78, 5) is 0. The molecule has 0 saturated carbocycles. The van der Waals surface area contributed by atoms with Crippen LogP contribution in [0.1, 0.15) is 23.7 Å². The molecule has 0 aliphatic carbocycles. The van der Waals surface area contributed by atoms with Gasteiger partial charge in [0.15, 0.2) is 0 Å². The lowest BCUT2D eigenvalue weighted by Crippen LogP contribution is -2.02. The van der Waals surface area contributed by atoms with Crippen LogP contribution in [0.3, 0.4) is 0 Å². The van der Waals surface area contributed by atoms with E-state index < -0.39 is 0 Å². The van der Waals surface area contributed by atoms with E-state index in [1.54, 1.807) is 4.68 Å². The highest BCUT2D eigenvalue weighted by Crippen LogP contribution is 2.22. The second-order valence-corrected chi connectivity index (χ2v) is 4.73. The molecule has 90 valence electrons. The molecule has 17 heavy (non-hydrogen) atoms. The molecule has 4 heteroatoms. The first kappa shape index (κ1) is 12.5. The van der Waals surface area contributed by atoms with E-state index in [1.807, 2.05) is 31.2 Å². The summed E-state index contributed by atoms with van der Waals surface area (Å²) in [5.41, 5.74) is 3.13. The van der Waals surface area contributed by atoms with Crippen LogP contribution in [-0.4, -0.2) is 9.78 Å². The van der Waals surface area contributed by atoms with Gasteiger partial charge in [-0.2, -0.15) is 5.10 Å². The molecule has 0 fully saturated rings. The molecule has 0 bridgehead atoms. The van der Waals surface area contributed by atoms with E-state index in [1.165, 1.54) is 0 Å².